The van der Waals surface area contributed by atoms with Crippen LogP contribution >= 0.6 is 0 Å². The average Bonchev–Trinajstić information content (AvgIpc) is 2.65. The van der Waals surface area contributed by atoms with Gasteiger partial charge in [0, 0.05) is 19.6 Å². The minimum Gasteiger partial charge on any atom is -0.465 e. The molecule has 0 radical (unpaired) electrons. The van der Waals surface area contributed by atoms with Gasteiger partial charge in [0.05, 0.1) is 18.4 Å². The maximum atomic E-state index is 12.8. The molecule has 2 N–H and O–H groups in total. The molecule has 26 heavy (non-hydrogen) atoms. The van der Waals surface area contributed by atoms with Crippen LogP contribution in [0.5, 0.6) is 0 Å². The van der Waals surface area contributed by atoms with Gasteiger partial charge in [-0.15, -0.1) is 0 Å². The van der Waals surface area contributed by atoms with Gasteiger partial charge in [0.15, 0.2) is 0 Å². The van der Waals surface area contributed by atoms with Crippen molar-refractivity contribution in [3.8, 4) is 0 Å². The molecule has 2 rings (SSSR count). The predicted molar refractivity (Wildman–Crippen MR) is 101 cm³/mol. The van der Waals surface area contributed by atoms with Crippen LogP contribution in [0.25, 0.3) is 0 Å². The van der Waals surface area contributed by atoms with Crippen LogP contribution in [0, 0.1) is 0 Å². The van der Waals surface area contributed by atoms with E-state index < -0.39 is 16.0 Å². The number of nitrogens with zero attached hydrogens (tertiary/aromatic N) is 1. The number of benzene rings is 2. The van der Waals surface area contributed by atoms with Crippen LogP contribution < -0.4 is 5.73 Å². The summed E-state index contributed by atoms with van der Waals surface area (Å²) in [7, 11) is -2.27. The molecule has 0 fully saturated rings. The smallest absolute Gasteiger partial charge is 0.337 e. The third-order valence-electron chi connectivity index (χ3n) is 3.96. The van der Waals surface area contributed by atoms with Gasteiger partial charge in [-0.1, -0.05) is 42.5 Å². The van der Waals surface area contributed by atoms with Gasteiger partial charge < -0.3 is 10.5 Å². The lowest BCUT2D eigenvalue weighted by Crippen LogP contribution is -2.37. The molecule has 0 saturated carbocycles. The van der Waals surface area contributed by atoms with Crippen LogP contribution in [-0.2, 0) is 26.9 Å². The van der Waals surface area contributed by atoms with Crippen LogP contribution in [0.15, 0.2) is 54.6 Å². The Bertz CT molecular complexity index is 822. The number of sulfonamides is 1. The largest absolute Gasteiger partial charge is 0.465 e. The van der Waals surface area contributed by atoms with E-state index in [1.807, 2.05) is 30.3 Å². The van der Waals surface area contributed by atoms with Crippen molar-refractivity contribution in [1.82, 2.24) is 4.31 Å². The van der Waals surface area contributed by atoms with E-state index in [2.05, 4.69) is 4.74 Å². The highest BCUT2D eigenvalue weighted by molar-refractivity contribution is 7.88. The molecule has 0 unspecified atom stereocenters. The number of carbonyl (C=O) groups excluding carboxylic acids is 1. The van der Waals surface area contributed by atoms with E-state index >= 15 is 0 Å². The second kappa shape index (κ2) is 9.47. The standard InChI is InChI=1S/C19H24N2O4S/c1-25-19(22)18-9-5-8-17(14-18)15-26(23,24)21(13-11-20)12-10-16-6-3-2-4-7-16/h2-9,14H,10-13,15,20H2,1H3. The Morgan fingerprint density at radius 3 is 2.38 bits per heavy atom. The van der Waals surface area contributed by atoms with Crippen molar-refractivity contribution in [3.63, 3.8) is 0 Å². The number of nitrogens with two attached hydrogens (primary N) is 1. The fraction of sp³-hybridized carbons (Fsp3) is 0.316. The summed E-state index contributed by atoms with van der Waals surface area (Å²) < 4.78 is 31.7. The monoisotopic (exact) mass is 376 g/mol. The first-order valence-corrected chi connectivity index (χ1v) is 9.96. The van der Waals surface area contributed by atoms with Crippen LogP contribution in [-0.4, -0.2) is 45.4 Å². The second-order valence-electron chi connectivity index (χ2n) is 5.87. The molecule has 0 aromatic heterocycles. The van der Waals surface area contributed by atoms with Crippen LogP contribution in [0.1, 0.15) is 21.5 Å². The third kappa shape index (κ3) is 5.66. The zero-order valence-electron chi connectivity index (χ0n) is 14.8. The highest BCUT2D eigenvalue weighted by Crippen LogP contribution is 2.14. The van der Waals surface area contributed by atoms with Crippen molar-refractivity contribution < 1.29 is 17.9 Å². The van der Waals surface area contributed by atoms with Gasteiger partial charge in [0.2, 0.25) is 10.0 Å². The Balaban J connectivity index is 2.12. The molecular formula is C19H24N2O4S. The number of ether oxygens (including phenoxy) is 1. The summed E-state index contributed by atoms with van der Waals surface area (Å²) in [6, 6.07) is 16.2. The first-order valence-electron chi connectivity index (χ1n) is 8.35. The highest BCUT2D eigenvalue weighted by Gasteiger charge is 2.22. The lowest BCUT2D eigenvalue weighted by atomic mass is 10.1. The molecule has 0 heterocycles. The number of carbonyl (C=O) groups is 1. The highest BCUT2D eigenvalue weighted by atomic mass is 32.2. The maximum absolute atomic E-state index is 12.8. The van der Waals surface area contributed by atoms with E-state index in [1.54, 1.807) is 24.3 Å². The molecule has 2 aromatic carbocycles. The molecule has 7 heteroatoms. The molecule has 6 nitrogen and oxygen atoms in total. The number of hydrogen-bond donors (Lipinski definition) is 1. The Morgan fingerprint density at radius 1 is 1.04 bits per heavy atom. The molecule has 0 aliphatic rings. The predicted octanol–water partition coefficient (Wildman–Crippen LogP) is 1.81. The SMILES string of the molecule is COC(=O)c1cccc(CS(=O)(=O)N(CCN)CCc2ccccc2)c1. The van der Waals surface area contributed by atoms with Gasteiger partial charge in [-0.25, -0.2) is 17.5 Å². The topological polar surface area (TPSA) is 89.7 Å². The van der Waals surface area contributed by atoms with Gasteiger partial charge in [-0.2, -0.15) is 0 Å². The minimum absolute atomic E-state index is 0.188. The van der Waals surface area contributed by atoms with E-state index in [0.29, 0.717) is 24.1 Å². The second-order valence-corrected chi connectivity index (χ2v) is 7.84. The van der Waals surface area contributed by atoms with Gasteiger partial charge >= 0.3 is 5.97 Å². The molecule has 0 aliphatic carbocycles. The van der Waals surface area contributed by atoms with Gasteiger partial charge in [0.1, 0.15) is 0 Å². The molecule has 0 atom stereocenters. The normalized spacial score (nSPS) is 11.5. The lowest BCUT2D eigenvalue weighted by molar-refractivity contribution is 0.0600. The molecule has 0 aliphatic heterocycles. The summed E-state index contributed by atoms with van der Waals surface area (Å²) in [5, 5.41) is 0. The quantitative estimate of drug-likeness (QED) is 0.674. The van der Waals surface area contributed by atoms with Crippen molar-refractivity contribution in [2.24, 2.45) is 5.73 Å². The molecule has 2 aromatic rings. The Kier molecular flexibility index (Phi) is 7.32. The fourth-order valence-electron chi connectivity index (χ4n) is 2.64. The molecule has 0 saturated heterocycles. The van der Waals surface area contributed by atoms with Crippen LogP contribution in [0.3, 0.4) is 0 Å². The Hall–Kier alpha value is -2.22. The van der Waals surface area contributed by atoms with Crippen molar-refractivity contribution in [2.75, 3.05) is 26.7 Å². The molecule has 0 bridgehead atoms. The summed E-state index contributed by atoms with van der Waals surface area (Å²) in [6.07, 6.45) is 0.613. The summed E-state index contributed by atoms with van der Waals surface area (Å²) in [5.41, 5.74) is 7.54. The zero-order chi connectivity index (χ0) is 19.0. The summed E-state index contributed by atoms with van der Waals surface area (Å²) in [6.45, 7) is 0.863. The van der Waals surface area contributed by atoms with Crippen LogP contribution in [0.4, 0.5) is 0 Å². The minimum atomic E-state index is -3.56. The van der Waals surface area contributed by atoms with Gasteiger partial charge in [-0.05, 0) is 29.7 Å². The van der Waals surface area contributed by atoms with Crippen molar-refractivity contribution >= 4 is 16.0 Å². The van der Waals surface area contributed by atoms with Crippen molar-refractivity contribution in [3.05, 3.63) is 71.3 Å². The first-order chi connectivity index (χ1) is 12.5. The molecular weight excluding hydrogens is 352 g/mol. The number of methoxy groups -OCH3 is 1. The van der Waals surface area contributed by atoms with Crippen LogP contribution in [0.2, 0.25) is 0 Å². The summed E-state index contributed by atoms with van der Waals surface area (Å²) >= 11 is 0. The summed E-state index contributed by atoms with van der Waals surface area (Å²) in [4.78, 5) is 11.6. The fourth-order valence-corrected chi connectivity index (χ4v) is 4.18. The third-order valence-corrected chi connectivity index (χ3v) is 5.81. The van der Waals surface area contributed by atoms with E-state index in [-0.39, 0.29) is 18.8 Å². The molecule has 140 valence electrons. The van der Waals surface area contributed by atoms with Crippen molar-refractivity contribution in [1.29, 1.82) is 0 Å². The average molecular weight is 376 g/mol. The zero-order valence-corrected chi connectivity index (χ0v) is 15.6. The Morgan fingerprint density at radius 2 is 1.73 bits per heavy atom. The summed E-state index contributed by atoms with van der Waals surface area (Å²) in [5.74, 6) is -0.681. The van der Waals surface area contributed by atoms with E-state index in [9.17, 15) is 13.2 Å². The molecule has 0 spiro atoms. The number of rotatable bonds is 9. The van der Waals surface area contributed by atoms with E-state index in [0.717, 1.165) is 5.56 Å². The van der Waals surface area contributed by atoms with Crippen molar-refractivity contribution in [2.45, 2.75) is 12.2 Å². The Labute approximate surface area is 154 Å². The van der Waals surface area contributed by atoms with E-state index in [1.165, 1.54) is 11.4 Å². The number of hydrogen-bond acceptors (Lipinski definition) is 5. The maximum Gasteiger partial charge on any atom is 0.337 e. The van der Waals surface area contributed by atoms with E-state index in [4.69, 9.17) is 5.73 Å². The number of esters is 1. The van der Waals surface area contributed by atoms with Gasteiger partial charge in [-0.3, -0.25) is 0 Å². The first kappa shape index (κ1) is 20.1. The lowest BCUT2D eigenvalue weighted by Gasteiger charge is -2.21. The molecule has 0 amide bonds. The van der Waals surface area contributed by atoms with Gasteiger partial charge in [0.25, 0.3) is 0 Å².